The summed E-state index contributed by atoms with van der Waals surface area (Å²) in [6.07, 6.45) is 0. The molecule has 0 amide bonds. The summed E-state index contributed by atoms with van der Waals surface area (Å²) >= 11 is 5.95. The summed E-state index contributed by atoms with van der Waals surface area (Å²) < 4.78 is 14.9. The number of aromatic carboxylic acids is 1. The molecular weight excluding hydrogens is 236 g/mol. The maximum atomic E-state index is 11.0. The molecule has 0 aliphatic rings. The summed E-state index contributed by atoms with van der Waals surface area (Å²) in [4.78, 5) is 11.0. The highest BCUT2D eigenvalue weighted by molar-refractivity contribution is 6.34. The number of hydrogen-bond acceptors (Lipinski definition) is 4. The van der Waals surface area contributed by atoms with Crippen molar-refractivity contribution in [3.63, 3.8) is 0 Å². The van der Waals surface area contributed by atoms with Crippen molar-refractivity contribution in [2.24, 2.45) is 0 Å². The van der Waals surface area contributed by atoms with E-state index >= 15 is 0 Å². The van der Waals surface area contributed by atoms with Crippen LogP contribution in [0.5, 0.6) is 17.2 Å². The molecule has 6 heteroatoms. The second kappa shape index (κ2) is 4.94. The molecule has 0 aromatic heterocycles. The molecule has 0 radical (unpaired) electrons. The Balaban J connectivity index is 3.56. The van der Waals surface area contributed by atoms with Gasteiger partial charge in [-0.2, -0.15) is 0 Å². The average Bonchev–Trinajstić information content (AvgIpc) is 2.27. The van der Waals surface area contributed by atoms with Crippen molar-refractivity contribution in [2.45, 2.75) is 0 Å². The highest BCUT2D eigenvalue weighted by atomic mass is 35.5. The summed E-state index contributed by atoms with van der Waals surface area (Å²) in [6, 6.07) is 1.28. The van der Waals surface area contributed by atoms with E-state index in [1.807, 2.05) is 0 Å². The molecule has 0 aliphatic carbocycles. The van der Waals surface area contributed by atoms with E-state index in [1.54, 1.807) is 0 Å². The maximum Gasteiger partial charge on any atom is 0.339 e. The molecule has 0 unspecified atom stereocenters. The first-order valence-electron chi connectivity index (χ1n) is 4.28. The second-order valence-corrected chi connectivity index (χ2v) is 3.19. The minimum absolute atomic E-state index is 0.0689. The molecule has 0 fully saturated rings. The van der Waals surface area contributed by atoms with Crippen LogP contribution in [-0.2, 0) is 0 Å². The van der Waals surface area contributed by atoms with E-state index in [-0.39, 0.29) is 27.8 Å². The first-order valence-corrected chi connectivity index (χ1v) is 4.66. The van der Waals surface area contributed by atoms with Crippen LogP contribution in [0.25, 0.3) is 0 Å². The number of hydrogen-bond donors (Lipinski definition) is 1. The van der Waals surface area contributed by atoms with Gasteiger partial charge in [-0.15, -0.1) is 0 Å². The van der Waals surface area contributed by atoms with E-state index in [0.29, 0.717) is 0 Å². The standard InChI is InChI=1S/C10H11ClO5/c1-14-6-4-5(10(12)13)8(15-2)9(16-3)7(6)11/h4H,1-3H3,(H,12,13). The maximum absolute atomic E-state index is 11.0. The zero-order chi connectivity index (χ0) is 12.3. The fourth-order valence-corrected chi connectivity index (χ4v) is 1.58. The number of carbonyl (C=O) groups is 1. The highest BCUT2D eigenvalue weighted by Gasteiger charge is 2.22. The predicted molar refractivity (Wildman–Crippen MR) is 58.1 cm³/mol. The molecule has 1 aromatic carbocycles. The molecule has 1 aromatic rings. The molecular formula is C10H11ClO5. The van der Waals surface area contributed by atoms with Crippen LogP contribution in [0.2, 0.25) is 5.02 Å². The molecule has 88 valence electrons. The predicted octanol–water partition coefficient (Wildman–Crippen LogP) is 2.06. The van der Waals surface area contributed by atoms with E-state index in [2.05, 4.69) is 0 Å². The largest absolute Gasteiger partial charge is 0.495 e. The van der Waals surface area contributed by atoms with Crippen molar-refractivity contribution in [3.8, 4) is 17.2 Å². The van der Waals surface area contributed by atoms with Crippen molar-refractivity contribution in [1.82, 2.24) is 0 Å². The van der Waals surface area contributed by atoms with Crippen LogP contribution < -0.4 is 14.2 Å². The molecule has 0 spiro atoms. The van der Waals surface area contributed by atoms with Gasteiger partial charge in [0.1, 0.15) is 16.3 Å². The first kappa shape index (κ1) is 12.4. The molecule has 0 bridgehead atoms. The third kappa shape index (κ3) is 1.99. The van der Waals surface area contributed by atoms with Crippen LogP contribution in [0, 0.1) is 0 Å². The fourth-order valence-electron chi connectivity index (χ4n) is 1.29. The molecule has 0 atom stereocenters. The minimum atomic E-state index is -1.15. The van der Waals surface area contributed by atoms with Crippen molar-refractivity contribution < 1.29 is 24.1 Å². The monoisotopic (exact) mass is 246 g/mol. The lowest BCUT2D eigenvalue weighted by atomic mass is 10.1. The number of carboxylic acid groups (broad SMARTS) is 1. The second-order valence-electron chi connectivity index (χ2n) is 2.81. The van der Waals surface area contributed by atoms with Gasteiger partial charge in [0.25, 0.3) is 0 Å². The van der Waals surface area contributed by atoms with Gasteiger partial charge in [-0.3, -0.25) is 0 Å². The van der Waals surface area contributed by atoms with E-state index in [4.69, 9.17) is 30.9 Å². The first-order chi connectivity index (χ1) is 7.56. The SMILES string of the molecule is COc1cc(C(=O)O)c(OC)c(OC)c1Cl. The molecule has 1 rings (SSSR count). The molecule has 0 aliphatic heterocycles. The average molecular weight is 247 g/mol. The Morgan fingerprint density at radius 1 is 1.19 bits per heavy atom. The minimum Gasteiger partial charge on any atom is -0.495 e. The third-order valence-electron chi connectivity index (χ3n) is 2.00. The fraction of sp³-hybridized carbons (Fsp3) is 0.300. The Hall–Kier alpha value is -1.62. The van der Waals surface area contributed by atoms with E-state index in [9.17, 15) is 4.79 Å². The van der Waals surface area contributed by atoms with Crippen LogP contribution in [0.15, 0.2) is 6.07 Å². The Morgan fingerprint density at radius 2 is 1.75 bits per heavy atom. The van der Waals surface area contributed by atoms with Gasteiger partial charge in [-0.25, -0.2) is 4.79 Å². The number of ether oxygens (including phenoxy) is 3. The Kier molecular flexibility index (Phi) is 3.84. The van der Waals surface area contributed by atoms with Crippen molar-refractivity contribution >= 4 is 17.6 Å². The zero-order valence-electron chi connectivity index (χ0n) is 9.04. The highest BCUT2D eigenvalue weighted by Crippen LogP contribution is 2.43. The lowest BCUT2D eigenvalue weighted by Gasteiger charge is -2.14. The summed E-state index contributed by atoms with van der Waals surface area (Å²) in [5.74, 6) is -0.719. The van der Waals surface area contributed by atoms with Crippen LogP contribution in [0.4, 0.5) is 0 Å². The normalized spacial score (nSPS) is 9.75. The number of benzene rings is 1. The van der Waals surface area contributed by atoms with Gasteiger partial charge in [0.05, 0.1) is 21.3 Å². The van der Waals surface area contributed by atoms with Gasteiger partial charge >= 0.3 is 5.97 Å². The summed E-state index contributed by atoms with van der Waals surface area (Å²) in [5, 5.41) is 9.17. The Bertz CT molecular complexity index is 416. The Morgan fingerprint density at radius 3 is 2.12 bits per heavy atom. The molecule has 0 saturated heterocycles. The van der Waals surface area contributed by atoms with Gasteiger partial charge in [-0.05, 0) is 0 Å². The topological polar surface area (TPSA) is 65.0 Å². The Labute approximate surface area is 97.5 Å². The van der Waals surface area contributed by atoms with Gasteiger partial charge in [0.15, 0.2) is 11.5 Å². The molecule has 16 heavy (non-hydrogen) atoms. The van der Waals surface area contributed by atoms with Crippen LogP contribution in [0.1, 0.15) is 10.4 Å². The van der Waals surface area contributed by atoms with E-state index in [0.717, 1.165) is 0 Å². The van der Waals surface area contributed by atoms with Crippen molar-refractivity contribution in [3.05, 3.63) is 16.7 Å². The third-order valence-corrected chi connectivity index (χ3v) is 2.36. The molecule has 5 nitrogen and oxygen atoms in total. The van der Waals surface area contributed by atoms with Gasteiger partial charge in [-0.1, -0.05) is 11.6 Å². The van der Waals surface area contributed by atoms with Crippen molar-refractivity contribution in [1.29, 1.82) is 0 Å². The number of methoxy groups -OCH3 is 3. The van der Waals surface area contributed by atoms with Crippen LogP contribution >= 0.6 is 11.6 Å². The van der Waals surface area contributed by atoms with E-state index < -0.39 is 5.97 Å². The summed E-state index contributed by atoms with van der Waals surface area (Å²) in [6.45, 7) is 0. The smallest absolute Gasteiger partial charge is 0.339 e. The lowest BCUT2D eigenvalue weighted by molar-refractivity contribution is 0.0692. The molecule has 0 saturated carbocycles. The lowest BCUT2D eigenvalue weighted by Crippen LogP contribution is -2.04. The summed E-state index contributed by atoms with van der Waals surface area (Å²) in [5.41, 5.74) is -0.0689. The van der Waals surface area contributed by atoms with Crippen molar-refractivity contribution in [2.75, 3.05) is 21.3 Å². The van der Waals surface area contributed by atoms with Crippen LogP contribution in [0.3, 0.4) is 0 Å². The van der Waals surface area contributed by atoms with Gasteiger partial charge in [0.2, 0.25) is 0 Å². The quantitative estimate of drug-likeness (QED) is 0.881. The van der Waals surface area contributed by atoms with Gasteiger partial charge in [0, 0.05) is 6.07 Å². The number of rotatable bonds is 4. The number of carboxylic acids is 1. The number of halogens is 1. The van der Waals surface area contributed by atoms with E-state index in [1.165, 1.54) is 27.4 Å². The van der Waals surface area contributed by atoms with Gasteiger partial charge < -0.3 is 19.3 Å². The summed E-state index contributed by atoms with van der Waals surface area (Å²) in [7, 11) is 4.10. The molecule has 0 heterocycles. The van der Waals surface area contributed by atoms with Crippen LogP contribution in [-0.4, -0.2) is 32.4 Å². The zero-order valence-corrected chi connectivity index (χ0v) is 9.79. The molecule has 1 N–H and O–H groups in total.